The first-order valence-electron chi connectivity index (χ1n) is 7.54. The number of morpholine rings is 1. The average Bonchev–Trinajstić information content (AvgIpc) is 3.19. The van der Waals surface area contributed by atoms with Gasteiger partial charge in [-0.15, -0.1) is 0 Å². The SMILES string of the molecule is O=C(N[C@@H]1CC[C@H](C(=O)N2CCOCC2)C1)c1cc[nH]c1. The normalized spacial score (nSPS) is 25.8. The third-order valence-corrected chi connectivity index (χ3v) is 4.30. The molecule has 0 bridgehead atoms. The van der Waals surface area contributed by atoms with Crippen LogP contribution in [0.3, 0.4) is 0 Å². The maximum atomic E-state index is 12.4. The molecule has 2 amide bonds. The monoisotopic (exact) mass is 291 g/mol. The van der Waals surface area contributed by atoms with E-state index >= 15 is 0 Å². The number of H-pyrrole nitrogens is 1. The number of nitrogens with one attached hydrogen (secondary N) is 2. The van der Waals surface area contributed by atoms with E-state index in [1.165, 1.54) is 0 Å². The predicted molar refractivity (Wildman–Crippen MR) is 76.8 cm³/mol. The van der Waals surface area contributed by atoms with Crippen LogP contribution in [0.4, 0.5) is 0 Å². The Morgan fingerprint density at radius 1 is 1.29 bits per heavy atom. The summed E-state index contributed by atoms with van der Waals surface area (Å²) in [6, 6.07) is 1.85. The molecular weight excluding hydrogens is 270 g/mol. The molecule has 0 radical (unpaired) electrons. The van der Waals surface area contributed by atoms with Gasteiger partial charge in [-0.3, -0.25) is 9.59 Å². The van der Waals surface area contributed by atoms with Gasteiger partial charge in [0, 0.05) is 37.4 Å². The van der Waals surface area contributed by atoms with Crippen molar-refractivity contribution < 1.29 is 14.3 Å². The minimum Gasteiger partial charge on any atom is -0.378 e. The first kappa shape index (κ1) is 14.1. The molecule has 114 valence electrons. The van der Waals surface area contributed by atoms with Gasteiger partial charge in [-0.2, -0.15) is 0 Å². The largest absolute Gasteiger partial charge is 0.378 e. The van der Waals surface area contributed by atoms with Crippen LogP contribution in [0.2, 0.25) is 0 Å². The van der Waals surface area contributed by atoms with Gasteiger partial charge >= 0.3 is 0 Å². The number of aromatic amines is 1. The molecule has 0 unspecified atom stereocenters. The fourth-order valence-electron chi connectivity index (χ4n) is 3.11. The number of aromatic nitrogens is 1. The second-order valence-electron chi connectivity index (χ2n) is 5.72. The molecule has 6 heteroatoms. The average molecular weight is 291 g/mol. The van der Waals surface area contributed by atoms with Crippen molar-refractivity contribution in [3.8, 4) is 0 Å². The van der Waals surface area contributed by atoms with Crippen molar-refractivity contribution in [1.29, 1.82) is 0 Å². The highest BCUT2D eigenvalue weighted by Crippen LogP contribution is 2.28. The van der Waals surface area contributed by atoms with Gasteiger partial charge in [0.15, 0.2) is 0 Å². The highest BCUT2D eigenvalue weighted by molar-refractivity contribution is 5.94. The third-order valence-electron chi connectivity index (χ3n) is 4.30. The predicted octanol–water partition coefficient (Wildman–Crippen LogP) is 0.772. The van der Waals surface area contributed by atoms with Crippen LogP contribution in [0.15, 0.2) is 18.5 Å². The lowest BCUT2D eigenvalue weighted by molar-refractivity contribution is -0.139. The van der Waals surface area contributed by atoms with E-state index < -0.39 is 0 Å². The summed E-state index contributed by atoms with van der Waals surface area (Å²) in [6.07, 6.45) is 5.88. The van der Waals surface area contributed by atoms with Crippen LogP contribution in [0, 0.1) is 5.92 Å². The molecule has 3 rings (SSSR count). The molecule has 1 saturated carbocycles. The van der Waals surface area contributed by atoms with Gasteiger partial charge in [-0.1, -0.05) is 0 Å². The Kier molecular flexibility index (Phi) is 4.24. The van der Waals surface area contributed by atoms with Crippen molar-refractivity contribution in [2.45, 2.75) is 25.3 Å². The van der Waals surface area contributed by atoms with Gasteiger partial charge in [0.2, 0.25) is 5.91 Å². The molecule has 2 atom stereocenters. The minimum absolute atomic E-state index is 0.0413. The Hall–Kier alpha value is -1.82. The number of amides is 2. The third kappa shape index (κ3) is 3.26. The van der Waals surface area contributed by atoms with Gasteiger partial charge < -0.3 is 19.9 Å². The van der Waals surface area contributed by atoms with Crippen LogP contribution in [0.25, 0.3) is 0 Å². The number of ether oxygens (including phenoxy) is 1. The Morgan fingerprint density at radius 3 is 2.81 bits per heavy atom. The fourth-order valence-corrected chi connectivity index (χ4v) is 3.11. The molecule has 2 aliphatic rings. The molecule has 2 heterocycles. The first-order chi connectivity index (χ1) is 10.2. The molecule has 1 saturated heterocycles. The molecule has 6 nitrogen and oxygen atoms in total. The molecular formula is C15H21N3O3. The lowest BCUT2D eigenvalue weighted by Crippen LogP contribution is -2.43. The zero-order chi connectivity index (χ0) is 14.7. The topological polar surface area (TPSA) is 74.4 Å². The highest BCUT2D eigenvalue weighted by Gasteiger charge is 2.33. The maximum Gasteiger partial charge on any atom is 0.253 e. The number of nitrogens with zero attached hydrogens (tertiary/aromatic N) is 1. The van der Waals surface area contributed by atoms with E-state index in [4.69, 9.17) is 4.74 Å². The van der Waals surface area contributed by atoms with Crippen molar-refractivity contribution in [2.24, 2.45) is 5.92 Å². The van der Waals surface area contributed by atoms with Gasteiger partial charge in [0.05, 0.1) is 18.8 Å². The molecule has 1 aromatic heterocycles. The van der Waals surface area contributed by atoms with Gasteiger partial charge in [0.25, 0.3) is 5.91 Å². The molecule has 21 heavy (non-hydrogen) atoms. The summed E-state index contributed by atoms with van der Waals surface area (Å²) >= 11 is 0. The maximum absolute atomic E-state index is 12.4. The molecule has 0 spiro atoms. The van der Waals surface area contributed by atoms with Crippen LogP contribution in [0.5, 0.6) is 0 Å². The second kappa shape index (κ2) is 6.30. The van der Waals surface area contributed by atoms with Crippen molar-refractivity contribution >= 4 is 11.8 Å². The molecule has 1 aliphatic carbocycles. The van der Waals surface area contributed by atoms with Crippen molar-refractivity contribution in [3.63, 3.8) is 0 Å². The highest BCUT2D eigenvalue weighted by atomic mass is 16.5. The molecule has 1 aromatic rings. The summed E-state index contributed by atoms with van der Waals surface area (Å²) in [5.74, 6) is 0.192. The van der Waals surface area contributed by atoms with Crippen LogP contribution in [-0.2, 0) is 9.53 Å². The van der Waals surface area contributed by atoms with Crippen LogP contribution in [-0.4, -0.2) is 54.0 Å². The zero-order valence-electron chi connectivity index (χ0n) is 12.0. The van der Waals surface area contributed by atoms with E-state index in [2.05, 4.69) is 10.3 Å². The van der Waals surface area contributed by atoms with E-state index in [9.17, 15) is 9.59 Å². The van der Waals surface area contributed by atoms with E-state index in [1.54, 1.807) is 18.5 Å². The molecule has 2 N–H and O–H groups in total. The lowest BCUT2D eigenvalue weighted by atomic mass is 10.1. The number of hydrogen-bond donors (Lipinski definition) is 2. The summed E-state index contributed by atoms with van der Waals surface area (Å²) in [7, 11) is 0. The Bertz CT molecular complexity index is 494. The number of carbonyl (C=O) groups is 2. The number of hydrogen-bond acceptors (Lipinski definition) is 3. The summed E-state index contributed by atoms with van der Waals surface area (Å²) < 4.78 is 5.27. The molecule has 0 aromatic carbocycles. The first-order valence-corrected chi connectivity index (χ1v) is 7.54. The Morgan fingerprint density at radius 2 is 2.10 bits per heavy atom. The Balaban J connectivity index is 1.50. The van der Waals surface area contributed by atoms with E-state index in [0.717, 1.165) is 19.3 Å². The quantitative estimate of drug-likeness (QED) is 0.864. The number of carbonyl (C=O) groups excluding carboxylic acids is 2. The van der Waals surface area contributed by atoms with E-state index in [-0.39, 0.29) is 23.8 Å². The lowest BCUT2D eigenvalue weighted by Gasteiger charge is -2.29. The van der Waals surface area contributed by atoms with E-state index in [0.29, 0.717) is 31.9 Å². The summed E-state index contributed by atoms with van der Waals surface area (Å²) in [4.78, 5) is 29.2. The smallest absolute Gasteiger partial charge is 0.253 e. The van der Waals surface area contributed by atoms with Crippen LogP contribution < -0.4 is 5.32 Å². The van der Waals surface area contributed by atoms with Gasteiger partial charge in [-0.25, -0.2) is 0 Å². The summed E-state index contributed by atoms with van der Waals surface area (Å²) in [5, 5.41) is 3.01. The Labute approximate surface area is 123 Å². The summed E-state index contributed by atoms with van der Waals surface area (Å²) in [5.41, 5.74) is 0.637. The minimum atomic E-state index is -0.0688. The molecule has 1 aliphatic heterocycles. The van der Waals surface area contributed by atoms with Crippen LogP contribution in [0.1, 0.15) is 29.6 Å². The van der Waals surface area contributed by atoms with Crippen molar-refractivity contribution in [1.82, 2.24) is 15.2 Å². The second-order valence-corrected chi connectivity index (χ2v) is 5.72. The zero-order valence-corrected chi connectivity index (χ0v) is 12.0. The van der Waals surface area contributed by atoms with Gasteiger partial charge in [-0.05, 0) is 25.3 Å². The summed E-state index contributed by atoms with van der Waals surface area (Å²) in [6.45, 7) is 2.64. The van der Waals surface area contributed by atoms with E-state index in [1.807, 2.05) is 4.90 Å². The molecule has 2 fully saturated rings. The fraction of sp³-hybridized carbons (Fsp3) is 0.600. The van der Waals surface area contributed by atoms with Crippen LogP contribution >= 0.6 is 0 Å². The van der Waals surface area contributed by atoms with Gasteiger partial charge in [0.1, 0.15) is 0 Å². The van der Waals surface area contributed by atoms with Crippen molar-refractivity contribution in [3.05, 3.63) is 24.0 Å². The standard InChI is InChI=1S/C15H21N3O3/c19-14(12-3-4-16-10-12)17-13-2-1-11(9-13)15(20)18-5-7-21-8-6-18/h3-4,10-11,13,16H,1-2,5-9H2,(H,17,19)/t11-,13+/m0/s1. The number of rotatable bonds is 3. The van der Waals surface area contributed by atoms with Crippen molar-refractivity contribution in [2.75, 3.05) is 26.3 Å².